The number of imidazole rings is 2. The van der Waals surface area contributed by atoms with E-state index in [0.29, 0.717) is 6.04 Å². The number of rotatable bonds is 1. The summed E-state index contributed by atoms with van der Waals surface area (Å²) >= 11 is 0. The average Bonchev–Trinajstić information content (AvgIpc) is 3.30. The van der Waals surface area contributed by atoms with Crippen LogP contribution < -0.4 is 4.90 Å². The molecule has 0 amide bonds. The van der Waals surface area contributed by atoms with Gasteiger partial charge < -0.3 is 9.47 Å². The van der Waals surface area contributed by atoms with Crippen LogP contribution in [0.3, 0.4) is 0 Å². The van der Waals surface area contributed by atoms with Crippen molar-refractivity contribution in [2.24, 2.45) is 7.05 Å². The Morgan fingerprint density at radius 3 is 2.67 bits per heavy atom. The number of anilines is 1. The molecule has 1 saturated carbocycles. The van der Waals surface area contributed by atoms with Crippen molar-refractivity contribution in [3.63, 3.8) is 0 Å². The second kappa shape index (κ2) is 4.65. The van der Waals surface area contributed by atoms with Crippen LogP contribution in [0.4, 0.5) is 5.69 Å². The second-order valence-electron chi connectivity index (χ2n) is 7.46. The Kier molecular flexibility index (Phi) is 2.74. The van der Waals surface area contributed by atoms with E-state index in [1.807, 2.05) is 6.20 Å². The molecule has 3 heterocycles. The van der Waals surface area contributed by atoms with Crippen LogP contribution in [0, 0.1) is 6.92 Å². The maximum atomic E-state index is 4.59. The number of nitrogens with zero attached hydrogens (tertiary/aromatic N) is 4. The average molecular weight is 320 g/mol. The summed E-state index contributed by atoms with van der Waals surface area (Å²) in [7, 11) is 2.17. The fraction of sp³-hybridized carbons (Fsp3) is 0.450. The van der Waals surface area contributed by atoms with Crippen molar-refractivity contribution in [1.29, 1.82) is 0 Å². The van der Waals surface area contributed by atoms with Crippen LogP contribution in [0.5, 0.6) is 0 Å². The third-order valence-electron chi connectivity index (χ3n) is 6.26. The van der Waals surface area contributed by atoms with Crippen LogP contribution in [-0.4, -0.2) is 14.0 Å². The molecule has 0 N–H and O–H groups in total. The first-order valence-electron chi connectivity index (χ1n) is 9.02. The number of para-hydroxylation sites is 1. The number of fused-ring (bicyclic) bond motifs is 4. The summed E-state index contributed by atoms with van der Waals surface area (Å²) in [5.41, 5.74) is 5.77. The van der Waals surface area contributed by atoms with Crippen molar-refractivity contribution in [3.8, 4) is 0 Å². The third-order valence-corrected chi connectivity index (χ3v) is 6.26. The number of hydrogen-bond acceptors (Lipinski definition) is 2. The number of aryl methyl sites for hydroxylation is 2. The van der Waals surface area contributed by atoms with Gasteiger partial charge in [0.25, 0.3) is 0 Å². The van der Waals surface area contributed by atoms with Gasteiger partial charge in [0.15, 0.2) is 0 Å². The van der Waals surface area contributed by atoms with Gasteiger partial charge in [-0.3, -0.25) is 4.40 Å². The van der Waals surface area contributed by atoms with Crippen molar-refractivity contribution >= 4 is 11.5 Å². The molecule has 1 aliphatic carbocycles. The highest BCUT2D eigenvalue weighted by Gasteiger charge is 2.54. The van der Waals surface area contributed by atoms with Crippen molar-refractivity contribution in [2.75, 3.05) is 4.90 Å². The lowest BCUT2D eigenvalue weighted by Gasteiger charge is -2.41. The molecule has 2 aromatic heterocycles. The minimum Gasteiger partial charge on any atom is -0.352 e. The van der Waals surface area contributed by atoms with Gasteiger partial charge in [0.05, 0.1) is 23.0 Å². The zero-order valence-electron chi connectivity index (χ0n) is 14.7. The van der Waals surface area contributed by atoms with Crippen molar-refractivity contribution < 1.29 is 0 Å². The largest absolute Gasteiger partial charge is 0.352 e. The van der Waals surface area contributed by atoms with Crippen LogP contribution in [0.1, 0.15) is 55.6 Å². The van der Waals surface area contributed by atoms with E-state index in [1.54, 1.807) is 0 Å². The zero-order chi connectivity index (χ0) is 16.5. The molecule has 4 heteroatoms. The topological polar surface area (TPSA) is 25.5 Å². The molecule has 5 rings (SSSR count). The van der Waals surface area contributed by atoms with Gasteiger partial charge in [0.1, 0.15) is 0 Å². The van der Waals surface area contributed by atoms with E-state index in [4.69, 9.17) is 0 Å². The minimum atomic E-state index is 0.112. The van der Waals surface area contributed by atoms with Crippen LogP contribution in [-0.2, 0) is 12.6 Å². The Bertz CT molecular complexity index is 926. The fourth-order valence-electron chi connectivity index (χ4n) is 5.37. The first-order chi connectivity index (χ1) is 11.6. The zero-order valence-corrected chi connectivity index (χ0v) is 14.7. The van der Waals surface area contributed by atoms with Crippen LogP contribution in [0.15, 0.2) is 36.7 Å². The first kappa shape index (κ1) is 14.1. The molecular weight excluding hydrogens is 296 g/mol. The van der Waals surface area contributed by atoms with E-state index in [2.05, 4.69) is 70.2 Å². The number of hydrogen-bond donors (Lipinski definition) is 0. The Balaban J connectivity index is 1.82. The lowest BCUT2D eigenvalue weighted by atomic mass is 9.92. The first-order valence-corrected chi connectivity index (χ1v) is 9.02. The van der Waals surface area contributed by atoms with Gasteiger partial charge in [-0.25, -0.2) is 4.98 Å². The van der Waals surface area contributed by atoms with Gasteiger partial charge in [0.2, 0.25) is 5.78 Å². The molecule has 0 unspecified atom stereocenters. The highest BCUT2D eigenvalue weighted by molar-refractivity contribution is 5.64. The van der Waals surface area contributed by atoms with Crippen LogP contribution in [0.25, 0.3) is 5.78 Å². The quantitative estimate of drug-likeness (QED) is 0.667. The summed E-state index contributed by atoms with van der Waals surface area (Å²) in [6.45, 7) is 4.60. The molecule has 1 aliphatic heterocycles. The predicted molar refractivity (Wildman–Crippen MR) is 96.4 cm³/mol. The van der Waals surface area contributed by atoms with E-state index in [9.17, 15) is 0 Å². The predicted octanol–water partition coefficient (Wildman–Crippen LogP) is 4.33. The van der Waals surface area contributed by atoms with Crippen molar-refractivity contribution in [1.82, 2.24) is 14.0 Å². The van der Waals surface area contributed by atoms with Gasteiger partial charge in [-0.1, -0.05) is 31.0 Å². The molecular formula is C20H24N4. The SMILES string of the molecule is Cc1ccccc1N1[C@@H](C)c2c(n3ccnc3n2C)C12CCCC2. The highest BCUT2D eigenvalue weighted by atomic mass is 15.3. The van der Waals surface area contributed by atoms with Crippen LogP contribution in [0.2, 0.25) is 0 Å². The summed E-state index contributed by atoms with van der Waals surface area (Å²) in [4.78, 5) is 7.30. The summed E-state index contributed by atoms with van der Waals surface area (Å²) in [5, 5.41) is 0. The maximum absolute atomic E-state index is 4.59. The molecule has 24 heavy (non-hydrogen) atoms. The molecule has 1 spiro atoms. The highest BCUT2D eigenvalue weighted by Crippen LogP contribution is 2.57. The standard InChI is InChI=1S/C20H24N4/c1-14-8-4-5-9-16(14)24-15(2)17-18(20(24)10-6-7-11-20)23-13-12-21-19(23)22(17)3/h4-5,8-9,12-13,15H,6-7,10-11H2,1-3H3/t15-/m0/s1. The Labute approximate surface area is 142 Å². The van der Waals surface area contributed by atoms with Gasteiger partial charge in [-0.05, 0) is 38.3 Å². The molecule has 1 fully saturated rings. The summed E-state index contributed by atoms with van der Waals surface area (Å²) in [6, 6.07) is 9.21. The summed E-state index contributed by atoms with van der Waals surface area (Å²) < 4.78 is 4.65. The summed E-state index contributed by atoms with van der Waals surface area (Å²) in [5.74, 6) is 1.07. The fourth-order valence-corrected chi connectivity index (χ4v) is 5.37. The van der Waals surface area contributed by atoms with Crippen molar-refractivity contribution in [2.45, 2.75) is 51.1 Å². The normalized spacial score (nSPS) is 22.0. The van der Waals surface area contributed by atoms with Gasteiger partial charge in [-0.15, -0.1) is 0 Å². The minimum absolute atomic E-state index is 0.112. The van der Waals surface area contributed by atoms with Crippen molar-refractivity contribution in [3.05, 3.63) is 53.6 Å². The molecule has 124 valence electrons. The molecule has 2 aliphatic rings. The van der Waals surface area contributed by atoms with Gasteiger partial charge in [-0.2, -0.15) is 0 Å². The Morgan fingerprint density at radius 1 is 1.17 bits per heavy atom. The number of aromatic nitrogens is 3. The lowest BCUT2D eigenvalue weighted by molar-refractivity contribution is 0.402. The van der Waals surface area contributed by atoms with E-state index in [-0.39, 0.29) is 5.54 Å². The Hall–Kier alpha value is -2.23. The lowest BCUT2D eigenvalue weighted by Crippen LogP contribution is -2.41. The molecule has 4 nitrogen and oxygen atoms in total. The monoisotopic (exact) mass is 320 g/mol. The van der Waals surface area contributed by atoms with E-state index >= 15 is 0 Å². The third kappa shape index (κ3) is 1.52. The molecule has 0 saturated heterocycles. The molecule has 3 aromatic rings. The smallest absolute Gasteiger partial charge is 0.214 e. The van der Waals surface area contributed by atoms with E-state index in [1.165, 1.54) is 48.3 Å². The van der Waals surface area contributed by atoms with Gasteiger partial charge >= 0.3 is 0 Å². The second-order valence-corrected chi connectivity index (χ2v) is 7.46. The van der Waals surface area contributed by atoms with E-state index < -0.39 is 0 Å². The van der Waals surface area contributed by atoms with Crippen LogP contribution >= 0.6 is 0 Å². The number of benzene rings is 1. The molecule has 0 bridgehead atoms. The molecule has 0 radical (unpaired) electrons. The molecule has 1 aromatic carbocycles. The van der Waals surface area contributed by atoms with Gasteiger partial charge in [0, 0.05) is 25.1 Å². The molecule has 1 atom stereocenters. The van der Waals surface area contributed by atoms with E-state index in [0.717, 1.165) is 5.78 Å². The summed E-state index contributed by atoms with van der Waals surface area (Å²) in [6.07, 6.45) is 9.15. The maximum Gasteiger partial charge on any atom is 0.214 e. The Morgan fingerprint density at radius 2 is 1.92 bits per heavy atom.